The number of anilines is 1. The van der Waals surface area contributed by atoms with Gasteiger partial charge < -0.3 is 10.4 Å². The molecule has 0 fully saturated rings. The van der Waals surface area contributed by atoms with E-state index in [-0.39, 0.29) is 17.9 Å². The Morgan fingerprint density at radius 1 is 1.04 bits per heavy atom. The first-order chi connectivity index (χ1) is 10.8. The van der Waals surface area contributed by atoms with Gasteiger partial charge >= 0.3 is 0 Å². The molecule has 0 atom stereocenters. The molecule has 2 N–H and O–H groups in total. The number of aromatic hydroxyl groups is 1. The number of phenols is 1. The zero-order valence-electron chi connectivity index (χ0n) is 13.0. The lowest BCUT2D eigenvalue weighted by Gasteiger charge is -2.14. The number of benzene rings is 2. The van der Waals surface area contributed by atoms with Crippen LogP contribution in [0.2, 0.25) is 0 Å². The molecule has 0 aromatic heterocycles. The first-order valence-electron chi connectivity index (χ1n) is 7.12. The predicted molar refractivity (Wildman–Crippen MR) is 85.0 cm³/mol. The van der Waals surface area contributed by atoms with E-state index in [4.69, 9.17) is 0 Å². The summed E-state index contributed by atoms with van der Waals surface area (Å²) in [7, 11) is 0. The summed E-state index contributed by atoms with van der Waals surface area (Å²) in [6, 6.07) is 4.66. The van der Waals surface area contributed by atoms with E-state index in [2.05, 4.69) is 11.9 Å². The number of nitrogens with one attached hydrogen (secondary N) is 1. The Labute approximate surface area is 133 Å². The summed E-state index contributed by atoms with van der Waals surface area (Å²) in [5, 5.41) is 12.8. The quantitative estimate of drug-likeness (QED) is 0.469. The van der Waals surface area contributed by atoms with Gasteiger partial charge in [-0.3, -0.25) is 0 Å². The van der Waals surface area contributed by atoms with E-state index in [1.807, 2.05) is 13.8 Å². The van der Waals surface area contributed by atoms with Crippen molar-refractivity contribution in [2.24, 2.45) is 0 Å². The van der Waals surface area contributed by atoms with E-state index in [0.717, 1.165) is 22.8 Å². The molecule has 5 heteroatoms. The van der Waals surface area contributed by atoms with Crippen LogP contribution in [0.15, 0.2) is 36.4 Å². The van der Waals surface area contributed by atoms with Gasteiger partial charge in [0.15, 0.2) is 11.6 Å². The van der Waals surface area contributed by atoms with Crippen molar-refractivity contribution in [1.29, 1.82) is 0 Å². The standard InChI is InChI=1S/C18H18F3NO/c1-10(2)4-12-7-17(18(23)5-11(12)3)22-9-13-6-15(20)16(21)8-14(13)19/h5-8,22-23H,1,4,9H2,2-3H3. The molecule has 122 valence electrons. The summed E-state index contributed by atoms with van der Waals surface area (Å²) in [6.07, 6.45) is 0.653. The second-order valence-electron chi connectivity index (χ2n) is 5.64. The smallest absolute Gasteiger partial charge is 0.161 e. The highest BCUT2D eigenvalue weighted by atomic mass is 19.2. The molecule has 0 amide bonds. The van der Waals surface area contributed by atoms with Gasteiger partial charge in [-0.15, -0.1) is 0 Å². The van der Waals surface area contributed by atoms with Crippen molar-refractivity contribution in [3.8, 4) is 5.75 Å². The van der Waals surface area contributed by atoms with E-state index in [1.54, 1.807) is 12.1 Å². The zero-order valence-corrected chi connectivity index (χ0v) is 13.0. The molecule has 0 aliphatic carbocycles. The summed E-state index contributed by atoms with van der Waals surface area (Å²) < 4.78 is 39.7. The molecule has 2 nitrogen and oxygen atoms in total. The van der Waals surface area contributed by atoms with Crippen LogP contribution in [0.5, 0.6) is 5.75 Å². The van der Waals surface area contributed by atoms with Gasteiger partial charge in [-0.2, -0.15) is 0 Å². The molecule has 2 aromatic rings. The molecule has 2 rings (SSSR count). The zero-order chi connectivity index (χ0) is 17.1. The number of allylic oxidation sites excluding steroid dienone is 1. The Morgan fingerprint density at radius 2 is 1.70 bits per heavy atom. The molecule has 0 bridgehead atoms. The Balaban J connectivity index is 2.23. The number of rotatable bonds is 5. The van der Waals surface area contributed by atoms with Gasteiger partial charge in [0.1, 0.15) is 11.6 Å². The topological polar surface area (TPSA) is 32.3 Å². The van der Waals surface area contributed by atoms with Crippen molar-refractivity contribution >= 4 is 5.69 Å². The van der Waals surface area contributed by atoms with Crippen LogP contribution in [-0.2, 0) is 13.0 Å². The van der Waals surface area contributed by atoms with E-state index in [1.165, 1.54) is 0 Å². The number of hydrogen-bond acceptors (Lipinski definition) is 2. The van der Waals surface area contributed by atoms with Crippen LogP contribution in [0.4, 0.5) is 18.9 Å². The van der Waals surface area contributed by atoms with Crippen molar-refractivity contribution < 1.29 is 18.3 Å². The van der Waals surface area contributed by atoms with Gasteiger partial charge in [-0.25, -0.2) is 13.2 Å². The highest BCUT2D eigenvalue weighted by Gasteiger charge is 2.11. The minimum Gasteiger partial charge on any atom is -0.506 e. The summed E-state index contributed by atoms with van der Waals surface area (Å²) in [5.74, 6) is -3.17. The van der Waals surface area contributed by atoms with Crippen LogP contribution >= 0.6 is 0 Å². The van der Waals surface area contributed by atoms with Gasteiger partial charge in [-0.05, 0) is 49.6 Å². The second-order valence-corrected chi connectivity index (χ2v) is 5.64. The molecule has 0 saturated carbocycles. The molecule has 0 aliphatic heterocycles. The van der Waals surface area contributed by atoms with E-state index in [9.17, 15) is 18.3 Å². The molecule has 0 aliphatic rings. The maximum absolute atomic E-state index is 13.6. The van der Waals surface area contributed by atoms with Gasteiger partial charge in [0, 0.05) is 18.2 Å². The van der Waals surface area contributed by atoms with Crippen LogP contribution in [0.3, 0.4) is 0 Å². The second kappa shape index (κ2) is 6.77. The lowest BCUT2D eigenvalue weighted by Crippen LogP contribution is -2.05. The normalized spacial score (nSPS) is 10.7. The molecule has 2 aromatic carbocycles. The molecule has 23 heavy (non-hydrogen) atoms. The number of aryl methyl sites for hydroxylation is 1. The third-order valence-electron chi connectivity index (χ3n) is 3.51. The van der Waals surface area contributed by atoms with E-state index >= 15 is 0 Å². The lowest BCUT2D eigenvalue weighted by atomic mass is 10.0. The summed E-state index contributed by atoms with van der Waals surface area (Å²) in [5.41, 5.74) is 3.23. The van der Waals surface area contributed by atoms with Crippen LogP contribution in [0, 0.1) is 24.4 Å². The van der Waals surface area contributed by atoms with Crippen molar-refractivity contribution in [2.45, 2.75) is 26.8 Å². The molecule has 0 heterocycles. The minimum absolute atomic E-state index is 0.0101. The molecule has 0 unspecified atom stereocenters. The fraction of sp³-hybridized carbons (Fsp3) is 0.222. The number of phenolic OH excluding ortho intramolecular Hbond substituents is 1. The van der Waals surface area contributed by atoms with E-state index in [0.29, 0.717) is 18.2 Å². The largest absolute Gasteiger partial charge is 0.506 e. The van der Waals surface area contributed by atoms with Crippen LogP contribution in [0.25, 0.3) is 0 Å². The molecule has 0 spiro atoms. The average Bonchev–Trinajstić information content (AvgIpc) is 2.45. The van der Waals surface area contributed by atoms with Crippen molar-refractivity contribution in [3.05, 3.63) is 70.6 Å². The summed E-state index contributed by atoms with van der Waals surface area (Å²) in [4.78, 5) is 0. The highest BCUT2D eigenvalue weighted by molar-refractivity contribution is 5.60. The molecule has 0 radical (unpaired) electrons. The number of halogens is 3. The number of hydrogen-bond donors (Lipinski definition) is 2. The fourth-order valence-electron chi connectivity index (χ4n) is 2.28. The first-order valence-corrected chi connectivity index (χ1v) is 7.12. The Bertz CT molecular complexity index is 756. The summed E-state index contributed by atoms with van der Waals surface area (Å²) in [6.45, 7) is 7.55. The van der Waals surface area contributed by atoms with Crippen LogP contribution in [0.1, 0.15) is 23.6 Å². The highest BCUT2D eigenvalue weighted by Crippen LogP contribution is 2.29. The first kappa shape index (κ1) is 16.9. The maximum atomic E-state index is 13.6. The van der Waals surface area contributed by atoms with Gasteiger partial charge in [0.2, 0.25) is 0 Å². The van der Waals surface area contributed by atoms with Crippen molar-refractivity contribution in [1.82, 2.24) is 0 Å². The van der Waals surface area contributed by atoms with Crippen molar-refractivity contribution in [3.63, 3.8) is 0 Å². The van der Waals surface area contributed by atoms with Gasteiger partial charge in [0.25, 0.3) is 0 Å². The summed E-state index contributed by atoms with van der Waals surface area (Å²) >= 11 is 0. The van der Waals surface area contributed by atoms with Crippen molar-refractivity contribution in [2.75, 3.05) is 5.32 Å². The van der Waals surface area contributed by atoms with Crippen LogP contribution < -0.4 is 5.32 Å². The SMILES string of the molecule is C=C(C)Cc1cc(NCc2cc(F)c(F)cc2F)c(O)cc1C. The predicted octanol–water partition coefficient (Wildman–Crippen LogP) is 4.85. The molecular weight excluding hydrogens is 303 g/mol. The van der Waals surface area contributed by atoms with Crippen LogP contribution in [-0.4, -0.2) is 5.11 Å². The Hall–Kier alpha value is -2.43. The Morgan fingerprint density at radius 3 is 2.35 bits per heavy atom. The van der Waals surface area contributed by atoms with Gasteiger partial charge in [-0.1, -0.05) is 12.2 Å². The Kier molecular flexibility index (Phi) is 4.98. The van der Waals surface area contributed by atoms with Gasteiger partial charge in [0.05, 0.1) is 5.69 Å². The third kappa shape index (κ3) is 4.06. The average molecular weight is 321 g/mol. The minimum atomic E-state index is -1.23. The third-order valence-corrected chi connectivity index (χ3v) is 3.51. The molecule has 0 saturated heterocycles. The maximum Gasteiger partial charge on any atom is 0.161 e. The monoisotopic (exact) mass is 321 g/mol. The van der Waals surface area contributed by atoms with E-state index < -0.39 is 17.5 Å². The molecular formula is C18H18F3NO. The lowest BCUT2D eigenvalue weighted by molar-refractivity contribution is 0.476. The fourth-order valence-corrected chi connectivity index (χ4v) is 2.28.